The Morgan fingerprint density at radius 1 is 1.12 bits per heavy atom. The van der Waals surface area contributed by atoms with Crippen LogP contribution >= 0.6 is 0 Å². The lowest BCUT2D eigenvalue weighted by Crippen LogP contribution is -2.31. The minimum atomic E-state index is -3.61. The van der Waals surface area contributed by atoms with Gasteiger partial charge in [0.2, 0.25) is 16.0 Å². The van der Waals surface area contributed by atoms with Crippen molar-refractivity contribution in [1.29, 1.82) is 0 Å². The van der Waals surface area contributed by atoms with Crippen molar-refractivity contribution in [3.05, 3.63) is 47.3 Å². The minimum Gasteiger partial charge on any atom is -0.267 e. The standard InChI is InChI=1S/C16H19N5O3S/c1-10-8-11(2)18-16(17-10)20-19-15(22)12-4-3-5-14(9-12)25(23,24)21-13-6-7-13/h3-5,8-9,13,21H,6-7H2,1-2H3,(H,19,22)(H,17,18,20). The van der Waals surface area contributed by atoms with Gasteiger partial charge in [-0.3, -0.25) is 15.6 Å². The van der Waals surface area contributed by atoms with Gasteiger partial charge in [0.15, 0.2) is 0 Å². The molecule has 1 fully saturated rings. The number of hydrazine groups is 1. The Hall–Kier alpha value is -2.52. The van der Waals surface area contributed by atoms with Crippen molar-refractivity contribution in [2.24, 2.45) is 0 Å². The van der Waals surface area contributed by atoms with Crippen LogP contribution in [-0.2, 0) is 10.0 Å². The number of aromatic nitrogens is 2. The number of benzene rings is 1. The van der Waals surface area contributed by atoms with Gasteiger partial charge < -0.3 is 0 Å². The van der Waals surface area contributed by atoms with E-state index in [0.717, 1.165) is 24.2 Å². The summed E-state index contributed by atoms with van der Waals surface area (Å²) < 4.78 is 27.1. The van der Waals surface area contributed by atoms with Gasteiger partial charge in [0.1, 0.15) is 0 Å². The summed E-state index contributed by atoms with van der Waals surface area (Å²) in [5.74, 6) is -0.212. The molecule has 0 bridgehead atoms. The molecule has 1 aliphatic rings. The van der Waals surface area contributed by atoms with E-state index in [-0.39, 0.29) is 22.4 Å². The van der Waals surface area contributed by atoms with Crippen molar-refractivity contribution >= 4 is 21.9 Å². The molecule has 0 spiro atoms. The van der Waals surface area contributed by atoms with Crippen molar-refractivity contribution in [3.8, 4) is 0 Å². The molecule has 0 aliphatic heterocycles. The number of carbonyl (C=O) groups is 1. The van der Waals surface area contributed by atoms with Gasteiger partial charge in [-0.25, -0.2) is 23.1 Å². The molecule has 8 nitrogen and oxygen atoms in total. The molecule has 25 heavy (non-hydrogen) atoms. The number of hydrogen-bond donors (Lipinski definition) is 3. The quantitative estimate of drug-likeness (QED) is 0.668. The predicted octanol–water partition coefficient (Wildman–Crippen LogP) is 1.29. The Balaban J connectivity index is 1.70. The van der Waals surface area contributed by atoms with Gasteiger partial charge in [0, 0.05) is 23.0 Å². The SMILES string of the molecule is Cc1cc(C)nc(NNC(=O)c2cccc(S(=O)(=O)NC3CC3)c2)n1. The van der Waals surface area contributed by atoms with Crippen molar-refractivity contribution in [1.82, 2.24) is 20.1 Å². The molecule has 1 heterocycles. The Kier molecular flexibility index (Phi) is 4.69. The molecular formula is C16H19N5O3S. The third-order valence-electron chi connectivity index (χ3n) is 3.58. The highest BCUT2D eigenvalue weighted by Gasteiger charge is 2.28. The lowest BCUT2D eigenvalue weighted by atomic mass is 10.2. The third-order valence-corrected chi connectivity index (χ3v) is 5.09. The van der Waals surface area contributed by atoms with Crippen molar-refractivity contribution in [2.45, 2.75) is 37.6 Å². The zero-order valence-corrected chi connectivity index (χ0v) is 14.7. The number of anilines is 1. The van der Waals surface area contributed by atoms with E-state index in [1.54, 1.807) is 0 Å². The maximum atomic E-state index is 12.3. The van der Waals surface area contributed by atoms with Crippen LogP contribution in [0.4, 0.5) is 5.95 Å². The largest absolute Gasteiger partial charge is 0.269 e. The molecule has 132 valence electrons. The Labute approximate surface area is 146 Å². The van der Waals surface area contributed by atoms with E-state index in [9.17, 15) is 13.2 Å². The zero-order chi connectivity index (χ0) is 18.0. The van der Waals surface area contributed by atoms with E-state index in [0.29, 0.717) is 0 Å². The fourth-order valence-corrected chi connectivity index (χ4v) is 3.61. The number of amides is 1. The van der Waals surface area contributed by atoms with E-state index < -0.39 is 15.9 Å². The number of aryl methyl sites for hydroxylation is 2. The van der Waals surface area contributed by atoms with Crippen molar-refractivity contribution < 1.29 is 13.2 Å². The average Bonchev–Trinajstić information content (AvgIpc) is 3.35. The van der Waals surface area contributed by atoms with Crippen LogP contribution in [0.3, 0.4) is 0 Å². The molecule has 0 radical (unpaired) electrons. The van der Waals surface area contributed by atoms with Crippen molar-refractivity contribution in [2.75, 3.05) is 5.43 Å². The van der Waals surface area contributed by atoms with E-state index in [2.05, 4.69) is 25.5 Å². The fourth-order valence-electron chi connectivity index (χ4n) is 2.26. The first-order chi connectivity index (χ1) is 11.8. The van der Waals surface area contributed by atoms with Gasteiger partial charge in [-0.05, 0) is 51.0 Å². The van der Waals surface area contributed by atoms with Gasteiger partial charge in [0.25, 0.3) is 5.91 Å². The van der Waals surface area contributed by atoms with Gasteiger partial charge in [-0.15, -0.1) is 0 Å². The van der Waals surface area contributed by atoms with E-state index in [4.69, 9.17) is 0 Å². The second-order valence-electron chi connectivity index (χ2n) is 5.98. The molecule has 1 aromatic heterocycles. The molecule has 0 saturated heterocycles. The molecule has 1 saturated carbocycles. The smallest absolute Gasteiger partial charge is 0.267 e. The summed E-state index contributed by atoms with van der Waals surface area (Å²) in [6.07, 6.45) is 1.69. The van der Waals surface area contributed by atoms with Crippen LogP contribution in [0.2, 0.25) is 0 Å². The Morgan fingerprint density at radius 2 is 1.80 bits per heavy atom. The minimum absolute atomic E-state index is 0.00542. The molecule has 3 rings (SSSR count). The van der Waals surface area contributed by atoms with Crippen LogP contribution in [0.25, 0.3) is 0 Å². The Bertz CT molecular complexity index is 889. The van der Waals surface area contributed by atoms with Gasteiger partial charge in [0.05, 0.1) is 4.90 Å². The normalized spacial score (nSPS) is 14.2. The summed E-state index contributed by atoms with van der Waals surface area (Å²) in [6, 6.07) is 7.69. The number of nitrogens with one attached hydrogen (secondary N) is 3. The molecule has 1 aromatic carbocycles. The van der Waals surface area contributed by atoms with E-state index >= 15 is 0 Å². The highest BCUT2D eigenvalue weighted by Crippen LogP contribution is 2.22. The summed E-state index contributed by atoms with van der Waals surface area (Å²) in [6.45, 7) is 3.64. The summed E-state index contributed by atoms with van der Waals surface area (Å²) in [5, 5.41) is 0. The van der Waals surface area contributed by atoms with Crippen molar-refractivity contribution in [3.63, 3.8) is 0 Å². The first-order valence-corrected chi connectivity index (χ1v) is 9.33. The average molecular weight is 361 g/mol. The molecule has 2 aromatic rings. The first kappa shape index (κ1) is 17.3. The highest BCUT2D eigenvalue weighted by atomic mass is 32.2. The van der Waals surface area contributed by atoms with Crippen LogP contribution in [-0.4, -0.2) is 30.3 Å². The lowest BCUT2D eigenvalue weighted by Gasteiger charge is -2.10. The number of rotatable bonds is 6. The van der Waals surface area contributed by atoms with Gasteiger partial charge in [-0.1, -0.05) is 6.07 Å². The Morgan fingerprint density at radius 3 is 2.44 bits per heavy atom. The molecule has 1 aliphatic carbocycles. The summed E-state index contributed by atoms with van der Waals surface area (Å²) in [4.78, 5) is 20.6. The highest BCUT2D eigenvalue weighted by molar-refractivity contribution is 7.89. The molecular weight excluding hydrogens is 342 g/mol. The molecule has 0 unspecified atom stereocenters. The second-order valence-corrected chi connectivity index (χ2v) is 7.69. The molecule has 3 N–H and O–H groups in total. The van der Waals surface area contributed by atoms with Gasteiger partial charge in [-0.2, -0.15) is 0 Å². The fraction of sp³-hybridized carbons (Fsp3) is 0.312. The number of sulfonamides is 1. The van der Waals surface area contributed by atoms with E-state index in [1.807, 2.05) is 19.9 Å². The maximum absolute atomic E-state index is 12.3. The molecule has 9 heteroatoms. The van der Waals surface area contributed by atoms with Crippen LogP contribution in [0.5, 0.6) is 0 Å². The summed E-state index contributed by atoms with van der Waals surface area (Å²) >= 11 is 0. The molecule has 0 atom stereocenters. The topological polar surface area (TPSA) is 113 Å². The van der Waals surface area contributed by atoms with Crippen LogP contribution in [0.1, 0.15) is 34.6 Å². The number of nitrogens with zero attached hydrogens (tertiary/aromatic N) is 2. The number of hydrogen-bond acceptors (Lipinski definition) is 6. The monoisotopic (exact) mass is 361 g/mol. The van der Waals surface area contributed by atoms with Gasteiger partial charge >= 0.3 is 0 Å². The predicted molar refractivity (Wildman–Crippen MR) is 92.4 cm³/mol. The lowest BCUT2D eigenvalue weighted by molar-refractivity contribution is 0.0962. The molecule has 1 amide bonds. The summed E-state index contributed by atoms with van der Waals surface area (Å²) in [7, 11) is -3.61. The zero-order valence-electron chi connectivity index (χ0n) is 13.9. The van der Waals surface area contributed by atoms with Crippen LogP contribution < -0.4 is 15.6 Å². The van der Waals surface area contributed by atoms with Crippen LogP contribution in [0.15, 0.2) is 35.2 Å². The van der Waals surface area contributed by atoms with Crippen LogP contribution in [0, 0.1) is 13.8 Å². The van der Waals surface area contributed by atoms with E-state index in [1.165, 1.54) is 24.3 Å². The summed E-state index contributed by atoms with van der Waals surface area (Å²) in [5.41, 5.74) is 6.86. The number of carbonyl (C=O) groups excluding carboxylic acids is 1. The second kappa shape index (κ2) is 6.77. The maximum Gasteiger partial charge on any atom is 0.269 e. The third kappa shape index (κ3) is 4.52. The first-order valence-electron chi connectivity index (χ1n) is 7.84.